The zero-order valence-corrected chi connectivity index (χ0v) is 23.7. The molecule has 42 heavy (non-hydrogen) atoms. The smallest absolute Gasteiger partial charge is 0.275 e. The van der Waals surface area contributed by atoms with E-state index < -0.39 is 5.54 Å². The first-order chi connectivity index (χ1) is 20.4. The van der Waals surface area contributed by atoms with Crippen molar-refractivity contribution in [2.75, 3.05) is 23.7 Å². The maximum Gasteiger partial charge on any atom is 0.275 e. The first-order valence-electron chi connectivity index (χ1n) is 13.9. The van der Waals surface area contributed by atoms with Gasteiger partial charge < -0.3 is 15.4 Å². The highest BCUT2D eigenvalue weighted by Gasteiger charge is 2.57. The predicted molar refractivity (Wildman–Crippen MR) is 166 cm³/mol. The molecule has 1 amide bonds. The van der Waals surface area contributed by atoms with E-state index in [1.165, 1.54) is 11.2 Å². The van der Waals surface area contributed by atoms with Gasteiger partial charge in [-0.05, 0) is 68.8 Å². The number of carbonyl (C=O) groups is 1. The molecule has 0 aliphatic carbocycles. The quantitative estimate of drug-likeness (QED) is 0.215. The van der Waals surface area contributed by atoms with Gasteiger partial charge in [-0.2, -0.15) is 10.4 Å². The molecular weight excluding hydrogens is 524 g/mol. The van der Waals surface area contributed by atoms with Crippen LogP contribution < -0.4 is 15.4 Å². The van der Waals surface area contributed by atoms with Crippen LogP contribution in [0.15, 0.2) is 89.0 Å². The summed E-state index contributed by atoms with van der Waals surface area (Å²) in [6, 6.07) is 26.4. The summed E-state index contributed by atoms with van der Waals surface area (Å²) in [4.78, 5) is 20.8. The molecule has 2 N–H and O–H groups in total. The molecule has 4 aromatic rings. The minimum atomic E-state index is -1.09. The summed E-state index contributed by atoms with van der Waals surface area (Å²) in [5, 5.41) is 15.3. The molecule has 1 atom stereocenters. The molecule has 0 aromatic heterocycles. The molecule has 0 bridgehead atoms. The molecule has 1 spiro atoms. The SMILES string of the molecule is CCN(CC)c1cc2c(cc1C)C1(c3ccc(N)cc3O2)c2ccccc2C(=O)N1N=CC=Nc1ccc(C#N)cc1. The molecule has 8 nitrogen and oxygen atoms in total. The number of aryl methyl sites for hydroxylation is 1. The van der Waals surface area contributed by atoms with Crippen LogP contribution in [0.1, 0.15) is 52.0 Å². The number of nitrogens with zero attached hydrogens (tertiary/aromatic N) is 5. The Hall–Kier alpha value is -5.42. The van der Waals surface area contributed by atoms with Gasteiger partial charge in [0.1, 0.15) is 17.0 Å². The van der Waals surface area contributed by atoms with Crippen LogP contribution in [0.4, 0.5) is 17.1 Å². The highest BCUT2D eigenvalue weighted by atomic mass is 16.5. The van der Waals surface area contributed by atoms with E-state index >= 15 is 0 Å². The van der Waals surface area contributed by atoms with Gasteiger partial charge in [0.15, 0.2) is 0 Å². The molecule has 4 aromatic carbocycles. The van der Waals surface area contributed by atoms with Crippen LogP contribution in [0.3, 0.4) is 0 Å². The van der Waals surface area contributed by atoms with Crippen LogP contribution in [0, 0.1) is 18.3 Å². The minimum Gasteiger partial charge on any atom is -0.456 e. The summed E-state index contributed by atoms with van der Waals surface area (Å²) in [5.74, 6) is 0.999. The third-order valence-corrected chi connectivity index (χ3v) is 7.93. The number of nitriles is 1. The molecule has 8 heteroatoms. The zero-order chi connectivity index (χ0) is 29.4. The Balaban J connectivity index is 1.56. The average Bonchev–Trinajstić information content (AvgIpc) is 3.25. The van der Waals surface area contributed by atoms with E-state index in [2.05, 4.69) is 48.9 Å². The fraction of sp³-hybridized carbons (Fsp3) is 0.176. The number of benzene rings is 4. The standard InChI is InChI=1S/C34H30N6O2/c1-4-39(5-2)30-20-32-29(18-22(30)3)34(28-15-12-24(36)19-31(28)42-32)27-9-7-6-8-26(27)33(41)40(34)38-17-16-37-25-13-10-23(21-35)11-14-25/h6-20H,4-5,36H2,1-3H3. The fourth-order valence-corrected chi connectivity index (χ4v) is 6.00. The summed E-state index contributed by atoms with van der Waals surface area (Å²) < 4.78 is 6.54. The maximum atomic E-state index is 14.1. The number of anilines is 2. The van der Waals surface area contributed by atoms with Crippen LogP contribution in [-0.2, 0) is 5.54 Å². The van der Waals surface area contributed by atoms with Gasteiger partial charge in [0, 0.05) is 65.1 Å². The van der Waals surface area contributed by atoms with Crippen molar-refractivity contribution in [1.82, 2.24) is 5.01 Å². The summed E-state index contributed by atoms with van der Waals surface area (Å²) in [6.45, 7) is 8.04. The van der Waals surface area contributed by atoms with Crippen molar-refractivity contribution >= 4 is 35.4 Å². The number of rotatable bonds is 6. The molecule has 2 heterocycles. The molecule has 6 rings (SSSR count). The second-order valence-electron chi connectivity index (χ2n) is 10.2. The van der Waals surface area contributed by atoms with Crippen molar-refractivity contribution in [1.29, 1.82) is 5.26 Å². The monoisotopic (exact) mass is 554 g/mol. The number of ether oxygens (including phenoxy) is 1. The van der Waals surface area contributed by atoms with Crippen molar-refractivity contribution in [3.8, 4) is 17.6 Å². The van der Waals surface area contributed by atoms with E-state index in [1.54, 1.807) is 36.5 Å². The maximum absolute atomic E-state index is 14.1. The second kappa shape index (κ2) is 10.5. The largest absolute Gasteiger partial charge is 0.456 e. The van der Waals surface area contributed by atoms with Gasteiger partial charge in [0.25, 0.3) is 5.91 Å². The Morgan fingerprint density at radius 3 is 2.43 bits per heavy atom. The van der Waals surface area contributed by atoms with Crippen molar-refractivity contribution in [3.05, 3.63) is 112 Å². The fourth-order valence-electron chi connectivity index (χ4n) is 6.00. The van der Waals surface area contributed by atoms with E-state index in [9.17, 15) is 4.79 Å². The van der Waals surface area contributed by atoms with E-state index in [0.29, 0.717) is 34.0 Å². The van der Waals surface area contributed by atoms with Crippen molar-refractivity contribution in [2.24, 2.45) is 10.1 Å². The van der Waals surface area contributed by atoms with Crippen LogP contribution >= 0.6 is 0 Å². The molecule has 2 aliphatic heterocycles. The molecule has 2 aliphatic rings. The average molecular weight is 555 g/mol. The van der Waals surface area contributed by atoms with E-state index in [4.69, 9.17) is 20.8 Å². The Morgan fingerprint density at radius 1 is 0.952 bits per heavy atom. The lowest BCUT2D eigenvalue weighted by Crippen LogP contribution is -2.44. The van der Waals surface area contributed by atoms with E-state index in [0.717, 1.165) is 41.0 Å². The van der Waals surface area contributed by atoms with Gasteiger partial charge in [-0.25, -0.2) is 5.01 Å². The number of nitrogens with two attached hydrogens (primary N) is 1. The van der Waals surface area contributed by atoms with Gasteiger partial charge in [0.05, 0.1) is 23.5 Å². The number of hydrogen-bond donors (Lipinski definition) is 1. The van der Waals surface area contributed by atoms with Crippen molar-refractivity contribution in [2.45, 2.75) is 26.3 Å². The van der Waals surface area contributed by atoms with Gasteiger partial charge in [-0.15, -0.1) is 0 Å². The summed E-state index contributed by atoms with van der Waals surface area (Å²) in [5.41, 5.74) is 12.1. The Morgan fingerprint density at radius 2 is 1.69 bits per heavy atom. The zero-order valence-electron chi connectivity index (χ0n) is 23.7. The number of aliphatic imine (C=N–C) groups is 1. The molecule has 0 saturated carbocycles. The lowest BCUT2D eigenvalue weighted by Gasteiger charge is -2.42. The normalized spacial score (nSPS) is 16.8. The molecule has 0 saturated heterocycles. The van der Waals surface area contributed by atoms with Crippen LogP contribution in [-0.4, -0.2) is 36.4 Å². The van der Waals surface area contributed by atoms with Gasteiger partial charge in [-0.1, -0.05) is 24.3 Å². The third-order valence-electron chi connectivity index (χ3n) is 7.93. The van der Waals surface area contributed by atoms with Crippen LogP contribution in [0.25, 0.3) is 0 Å². The Kier molecular flexibility index (Phi) is 6.71. The summed E-state index contributed by atoms with van der Waals surface area (Å²) >= 11 is 0. The van der Waals surface area contributed by atoms with Crippen molar-refractivity contribution < 1.29 is 9.53 Å². The topological polar surface area (TPSA) is 107 Å². The lowest BCUT2D eigenvalue weighted by molar-refractivity contribution is 0.0675. The molecular formula is C34H30N6O2. The molecule has 208 valence electrons. The van der Waals surface area contributed by atoms with Gasteiger partial charge >= 0.3 is 0 Å². The third kappa shape index (κ3) is 4.10. The van der Waals surface area contributed by atoms with Gasteiger partial charge in [0.2, 0.25) is 0 Å². The predicted octanol–water partition coefficient (Wildman–Crippen LogP) is 6.54. The minimum absolute atomic E-state index is 0.227. The Bertz CT molecular complexity index is 1800. The summed E-state index contributed by atoms with van der Waals surface area (Å²) in [6.07, 6.45) is 3.07. The number of fused-ring (bicyclic) bond motifs is 6. The Labute approximate surface area is 245 Å². The number of hydrogen-bond acceptors (Lipinski definition) is 7. The van der Waals surface area contributed by atoms with E-state index in [1.807, 2.05) is 36.4 Å². The summed E-state index contributed by atoms with van der Waals surface area (Å²) in [7, 11) is 0. The number of nitrogen functional groups attached to an aromatic ring is 1. The lowest BCUT2D eigenvalue weighted by atomic mass is 9.74. The molecule has 1 unspecified atom stereocenters. The van der Waals surface area contributed by atoms with Crippen molar-refractivity contribution in [3.63, 3.8) is 0 Å². The molecule has 0 radical (unpaired) electrons. The molecule has 0 fully saturated rings. The highest BCUT2D eigenvalue weighted by molar-refractivity contribution is 6.17. The van der Waals surface area contributed by atoms with Crippen LogP contribution in [0.5, 0.6) is 11.5 Å². The second-order valence-corrected chi connectivity index (χ2v) is 10.2. The highest BCUT2D eigenvalue weighted by Crippen LogP contribution is 2.58. The van der Waals surface area contributed by atoms with Crippen LogP contribution in [0.2, 0.25) is 0 Å². The van der Waals surface area contributed by atoms with E-state index in [-0.39, 0.29) is 5.91 Å². The van der Waals surface area contributed by atoms with Gasteiger partial charge in [-0.3, -0.25) is 9.79 Å². The first-order valence-corrected chi connectivity index (χ1v) is 13.9. The number of hydrazone groups is 1. The number of amides is 1. The first kappa shape index (κ1) is 26.8. The number of carbonyl (C=O) groups excluding carboxylic acids is 1.